The van der Waals surface area contributed by atoms with E-state index in [9.17, 15) is 0 Å². The quantitative estimate of drug-likeness (QED) is 0.586. The number of nitrogens with one attached hydrogen (secondary N) is 1. The molecule has 0 amide bonds. The minimum Gasteiger partial charge on any atom is -0.496 e. The van der Waals surface area contributed by atoms with Gasteiger partial charge in [0.05, 0.1) is 7.11 Å². The Morgan fingerprint density at radius 1 is 1.40 bits per heavy atom. The summed E-state index contributed by atoms with van der Waals surface area (Å²) in [6, 6.07) is 6.45. The van der Waals surface area contributed by atoms with E-state index in [2.05, 4.69) is 27.4 Å². The van der Waals surface area contributed by atoms with Crippen molar-refractivity contribution >= 4 is 15.9 Å². The fourth-order valence-corrected chi connectivity index (χ4v) is 3.56. The van der Waals surface area contributed by atoms with Crippen molar-refractivity contribution in [2.45, 2.75) is 51.0 Å². The van der Waals surface area contributed by atoms with Gasteiger partial charge in [-0.05, 0) is 48.9 Å². The summed E-state index contributed by atoms with van der Waals surface area (Å²) in [6.45, 7) is 0. The Morgan fingerprint density at radius 3 is 2.80 bits per heavy atom. The van der Waals surface area contributed by atoms with Crippen molar-refractivity contribution in [3.63, 3.8) is 0 Å². The molecule has 3 N–H and O–H groups in total. The Labute approximate surface area is 130 Å². The highest BCUT2D eigenvalue weighted by Crippen LogP contribution is 2.30. The van der Waals surface area contributed by atoms with Crippen LogP contribution in [0.1, 0.15) is 44.1 Å². The molecule has 0 saturated heterocycles. The summed E-state index contributed by atoms with van der Waals surface area (Å²) < 4.78 is 6.52. The Kier molecular flexibility index (Phi) is 6.33. The van der Waals surface area contributed by atoms with Crippen LogP contribution in [-0.2, 0) is 6.42 Å². The second-order valence-corrected chi connectivity index (χ2v) is 6.67. The van der Waals surface area contributed by atoms with Gasteiger partial charge in [0.25, 0.3) is 0 Å². The number of nitrogens with two attached hydrogens (primary N) is 1. The predicted octanol–water partition coefficient (Wildman–Crippen LogP) is 3.80. The van der Waals surface area contributed by atoms with E-state index in [-0.39, 0.29) is 0 Å². The van der Waals surface area contributed by atoms with E-state index < -0.39 is 0 Å². The van der Waals surface area contributed by atoms with Crippen molar-refractivity contribution in [2.24, 2.45) is 11.8 Å². The lowest BCUT2D eigenvalue weighted by Gasteiger charge is -2.19. The van der Waals surface area contributed by atoms with Crippen LogP contribution in [0.25, 0.3) is 0 Å². The third kappa shape index (κ3) is 4.47. The number of hydrogen-bond donors (Lipinski definition) is 2. The first-order valence-electron chi connectivity index (χ1n) is 7.51. The van der Waals surface area contributed by atoms with Crippen LogP contribution in [0.15, 0.2) is 22.7 Å². The van der Waals surface area contributed by atoms with E-state index >= 15 is 0 Å². The van der Waals surface area contributed by atoms with Crippen molar-refractivity contribution in [3.8, 4) is 5.75 Å². The molecule has 1 aromatic carbocycles. The highest BCUT2D eigenvalue weighted by Gasteiger charge is 2.18. The molecule has 0 aromatic heterocycles. The van der Waals surface area contributed by atoms with Crippen LogP contribution in [-0.4, -0.2) is 13.2 Å². The van der Waals surface area contributed by atoms with Gasteiger partial charge < -0.3 is 4.74 Å². The first-order valence-corrected chi connectivity index (χ1v) is 8.30. The zero-order chi connectivity index (χ0) is 14.4. The van der Waals surface area contributed by atoms with Crippen molar-refractivity contribution in [2.75, 3.05) is 7.11 Å². The number of methoxy groups -OCH3 is 1. The molecule has 4 heteroatoms. The molecular weight excluding hydrogens is 316 g/mol. The van der Waals surface area contributed by atoms with E-state index in [1.807, 2.05) is 12.1 Å². The summed E-state index contributed by atoms with van der Waals surface area (Å²) in [4.78, 5) is 0. The summed E-state index contributed by atoms with van der Waals surface area (Å²) >= 11 is 3.52. The molecule has 1 atom stereocenters. The van der Waals surface area contributed by atoms with E-state index in [0.717, 1.165) is 29.0 Å². The van der Waals surface area contributed by atoms with Gasteiger partial charge in [-0.1, -0.05) is 41.6 Å². The molecule has 0 aliphatic heterocycles. The second kappa shape index (κ2) is 8.01. The maximum absolute atomic E-state index is 5.73. The largest absolute Gasteiger partial charge is 0.496 e. The number of rotatable bonds is 7. The van der Waals surface area contributed by atoms with Gasteiger partial charge in [0.15, 0.2) is 0 Å². The molecule has 1 aliphatic rings. The molecule has 1 aliphatic carbocycles. The fraction of sp³-hybridized carbons (Fsp3) is 0.625. The van der Waals surface area contributed by atoms with Gasteiger partial charge >= 0.3 is 0 Å². The lowest BCUT2D eigenvalue weighted by Crippen LogP contribution is -2.37. The van der Waals surface area contributed by atoms with Crippen molar-refractivity contribution in [3.05, 3.63) is 28.2 Å². The van der Waals surface area contributed by atoms with Crippen LogP contribution in [0.2, 0.25) is 0 Å². The average molecular weight is 341 g/mol. The van der Waals surface area contributed by atoms with E-state index in [1.54, 1.807) is 7.11 Å². The fourth-order valence-electron chi connectivity index (χ4n) is 3.15. The smallest absolute Gasteiger partial charge is 0.122 e. The van der Waals surface area contributed by atoms with Gasteiger partial charge in [-0.2, -0.15) is 0 Å². The first kappa shape index (κ1) is 15.8. The van der Waals surface area contributed by atoms with Crippen molar-refractivity contribution in [1.29, 1.82) is 0 Å². The van der Waals surface area contributed by atoms with Gasteiger partial charge in [-0.15, -0.1) is 0 Å². The summed E-state index contributed by atoms with van der Waals surface area (Å²) in [6.07, 6.45) is 8.94. The highest BCUT2D eigenvalue weighted by atomic mass is 79.9. The van der Waals surface area contributed by atoms with Crippen molar-refractivity contribution in [1.82, 2.24) is 5.43 Å². The maximum atomic E-state index is 5.73. The van der Waals surface area contributed by atoms with Gasteiger partial charge in [0, 0.05) is 10.5 Å². The molecule has 0 heterocycles. The van der Waals surface area contributed by atoms with Gasteiger partial charge in [-0.3, -0.25) is 11.3 Å². The third-order valence-corrected chi connectivity index (χ3v) is 4.84. The summed E-state index contributed by atoms with van der Waals surface area (Å²) in [5, 5.41) is 0. The lowest BCUT2D eigenvalue weighted by molar-refractivity contribution is 0.388. The molecule has 0 spiro atoms. The first-order chi connectivity index (χ1) is 9.72. The Hall–Kier alpha value is -0.580. The Balaban J connectivity index is 1.92. The zero-order valence-corrected chi connectivity index (χ0v) is 13.8. The lowest BCUT2D eigenvalue weighted by atomic mass is 9.95. The Morgan fingerprint density at radius 2 is 2.15 bits per heavy atom. The van der Waals surface area contributed by atoms with Crippen LogP contribution in [0.4, 0.5) is 0 Å². The standard InChI is InChI=1S/C16H25BrN2O/c1-20-16-9-7-14(17)10-13(16)11-15(19-18)8-6-12-4-2-3-5-12/h7,9-10,12,15,19H,2-6,8,11,18H2,1H3. The molecule has 1 unspecified atom stereocenters. The maximum Gasteiger partial charge on any atom is 0.122 e. The highest BCUT2D eigenvalue weighted by molar-refractivity contribution is 9.10. The van der Waals surface area contributed by atoms with Gasteiger partial charge in [-0.25, -0.2) is 0 Å². The molecule has 1 saturated carbocycles. The van der Waals surface area contributed by atoms with Gasteiger partial charge in [0.1, 0.15) is 5.75 Å². The van der Waals surface area contributed by atoms with Crippen LogP contribution < -0.4 is 16.0 Å². The van der Waals surface area contributed by atoms with Crippen molar-refractivity contribution < 1.29 is 4.74 Å². The van der Waals surface area contributed by atoms with E-state index in [4.69, 9.17) is 10.6 Å². The molecular formula is C16H25BrN2O. The van der Waals surface area contributed by atoms with Crippen LogP contribution in [0, 0.1) is 5.92 Å². The Bertz CT molecular complexity index is 419. The van der Waals surface area contributed by atoms with E-state index in [0.29, 0.717) is 6.04 Å². The number of ether oxygens (including phenoxy) is 1. The molecule has 1 aromatic rings. The normalized spacial score (nSPS) is 17.4. The zero-order valence-electron chi connectivity index (χ0n) is 12.2. The number of halogens is 1. The molecule has 2 rings (SSSR count). The summed E-state index contributed by atoms with van der Waals surface area (Å²) in [5.41, 5.74) is 4.18. The molecule has 0 bridgehead atoms. The topological polar surface area (TPSA) is 47.3 Å². The molecule has 20 heavy (non-hydrogen) atoms. The number of hydrazine groups is 1. The second-order valence-electron chi connectivity index (χ2n) is 5.75. The molecule has 3 nitrogen and oxygen atoms in total. The summed E-state index contributed by atoms with van der Waals surface area (Å²) in [7, 11) is 1.72. The SMILES string of the molecule is COc1ccc(Br)cc1CC(CCC1CCCC1)NN. The monoisotopic (exact) mass is 340 g/mol. The average Bonchev–Trinajstić information content (AvgIpc) is 2.97. The van der Waals surface area contributed by atoms with Gasteiger partial charge in [0.2, 0.25) is 0 Å². The molecule has 1 fully saturated rings. The molecule has 112 valence electrons. The third-order valence-electron chi connectivity index (χ3n) is 4.34. The minimum atomic E-state index is 0.318. The van der Waals surface area contributed by atoms with Crippen LogP contribution in [0.3, 0.4) is 0 Å². The molecule has 0 radical (unpaired) electrons. The van der Waals surface area contributed by atoms with Crippen LogP contribution in [0.5, 0.6) is 5.75 Å². The van der Waals surface area contributed by atoms with E-state index in [1.165, 1.54) is 37.7 Å². The number of hydrogen-bond acceptors (Lipinski definition) is 3. The predicted molar refractivity (Wildman–Crippen MR) is 86.7 cm³/mol. The number of benzene rings is 1. The minimum absolute atomic E-state index is 0.318. The summed E-state index contributed by atoms with van der Waals surface area (Å²) in [5.74, 6) is 7.58. The van der Waals surface area contributed by atoms with Crippen LogP contribution >= 0.6 is 15.9 Å².